The van der Waals surface area contributed by atoms with Gasteiger partial charge in [-0.1, -0.05) is 42.0 Å². The molecule has 0 fully saturated rings. The Hall–Kier alpha value is -3.91. The smallest absolute Gasteiger partial charge is 0.265 e. The number of methoxy groups -OCH3 is 1. The number of hydrogen-bond donors (Lipinski definition) is 0. The van der Waals surface area contributed by atoms with Crippen molar-refractivity contribution in [2.24, 2.45) is 5.10 Å². The van der Waals surface area contributed by atoms with Crippen molar-refractivity contribution >= 4 is 39.4 Å². The summed E-state index contributed by atoms with van der Waals surface area (Å²) < 4.78 is 8.39. The normalized spacial score (nSPS) is 12.0. The number of hydrogen-bond acceptors (Lipinski definition) is 6. The first-order valence-electron chi connectivity index (χ1n) is 10.3. The molecule has 0 spiro atoms. The first-order valence-corrected chi connectivity index (χ1v) is 10.3. The lowest BCUT2D eigenvalue weighted by Crippen LogP contribution is -2.25. The Morgan fingerprint density at radius 1 is 0.969 bits per heavy atom. The third-order valence-corrected chi connectivity index (χ3v) is 5.45. The summed E-state index contributed by atoms with van der Waals surface area (Å²) in [6, 6.07) is 15.6. The maximum absolute atomic E-state index is 13.5. The van der Waals surface area contributed by atoms with Crippen molar-refractivity contribution in [3.05, 3.63) is 75.8 Å². The van der Waals surface area contributed by atoms with Crippen molar-refractivity contribution in [1.29, 1.82) is 0 Å². The monoisotopic (exact) mass is 426 g/mol. The van der Waals surface area contributed by atoms with Gasteiger partial charge in [0.25, 0.3) is 5.56 Å². The van der Waals surface area contributed by atoms with Crippen LogP contribution in [0.25, 0.3) is 33.2 Å². The van der Waals surface area contributed by atoms with Gasteiger partial charge in [0.05, 0.1) is 30.4 Å². The molecule has 0 aliphatic heterocycles. The number of fused-ring (bicyclic) bond motifs is 4. The van der Waals surface area contributed by atoms with E-state index in [1.54, 1.807) is 29.5 Å². The highest BCUT2D eigenvalue weighted by Gasteiger charge is 2.21. The van der Waals surface area contributed by atoms with Crippen molar-refractivity contribution in [1.82, 2.24) is 24.2 Å². The van der Waals surface area contributed by atoms with Crippen LogP contribution in [0.3, 0.4) is 0 Å². The first kappa shape index (κ1) is 20.0. The number of benzene rings is 2. The Kier molecular flexibility index (Phi) is 4.99. The molecule has 32 heavy (non-hydrogen) atoms. The molecule has 2 aromatic carbocycles. The molecule has 0 saturated heterocycles. The van der Waals surface area contributed by atoms with Gasteiger partial charge in [-0.15, -0.1) is 0 Å². The van der Waals surface area contributed by atoms with Crippen LogP contribution in [0.2, 0.25) is 0 Å². The fraction of sp³-hybridized carbons (Fsp3) is 0.208. The summed E-state index contributed by atoms with van der Waals surface area (Å²) in [6.07, 6.45) is 1.74. The number of aromatic nitrogens is 5. The van der Waals surface area contributed by atoms with Gasteiger partial charge in [-0.25, -0.2) is 15.0 Å². The number of aryl methyl sites for hydroxylation is 2. The van der Waals surface area contributed by atoms with E-state index in [0.29, 0.717) is 46.7 Å². The maximum atomic E-state index is 13.5. The Balaban J connectivity index is 1.83. The zero-order valence-corrected chi connectivity index (χ0v) is 18.1. The molecule has 0 bridgehead atoms. The topological polar surface area (TPSA) is 87.2 Å². The number of ether oxygens (including phenoxy) is 1. The van der Waals surface area contributed by atoms with Crippen molar-refractivity contribution in [3.8, 4) is 0 Å². The minimum atomic E-state index is -0.177. The van der Waals surface area contributed by atoms with Crippen LogP contribution >= 0.6 is 0 Å². The van der Waals surface area contributed by atoms with Gasteiger partial charge in [-0.2, -0.15) is 9.78 Å². The minimum Gasteiger partial charge on any atom is -0.383 e. The second kappa shape index (κ2) is 7.97. The predicted octanol–water partition coefficient (Wildman–Crippen LogP) is 3.44. The Labute approximate surface area is 183 Å². The largest absolute Gasteiger partial charge is 0.383 e. The van der Waals surface area contributed by atoms with Crippen LogP contribution in [0.4, 0.5) is 0 Å². The highest BCUT2D eigenvalue weighted by molar-refractivity contribution is 6.05. The van der Waals surface area contributed by atoms with Gasteiger partial charge in [0, 0.05) is 7.11 Å². The predicted molar refractivity (Wildman–Crippen MR) is 125 cm³/mol. The second-order valence-corrected chi connectivity index (χ2v) is 7.66. The zero-order valence-electron chi connectivity index (χ0n) is 18.1. The quantitative estimate of drug-likeness (QED) is 0.402. The molecule has 160 valence electrons. The molecular weight excluding hydrogens is 404 g/mol. The average Bonchev–Trinajstić information content (AvgIpc) is 3.09. The molecule has 5 aromatic rings. The van der Waals surface area contributed by atoms with Crippen LogP contribution in [0.5, 0.6) is 0 Å². The lowest BCUT2D eigenvalue weighted by molar-refractivity contribution is 0.185. The van der Waals surface area contributed by atoms with Crippen LogP contribution in [-0.2, 0) is 11.3 Å². The van der Waals surface area contributed by atoms with Crippen LogP contribution in [0, 0.1) is 13.8 Å². The molecule has 0 radical (unpaired) electrons. The molecule has 0 aliphatic rings. The molecule has 8 heteroatoms. The van der Waals surface area contributed by atoms with Crippen LogP contribution in [0.1, 0.15) is 17.0 Å². The fourth-order valence-electron chi connectivity index (χ4n) is 3.75. The molecule has 0 atom stereocenters. The first-order chi connectivity index (χ1) is 15.6. The summed E-state index contributed by atoms with van der Waals surface area (Å²) in [6.45, 7) is 4.66. The molecule has 8 nitrogen and oxygen atoms in total. The molecule has 0 unspecified atom stereocenters. The van der Waals surface area contributed by atoms with Gasteiger partial charge < -0.3 is 4.74 Å². The summed E-state index contributed by atoms with van der Waals surface area (Å²) in [7, 11) is 1.61. The van der Waals surface area contributed by atoms with E-state index in [2.05, 4.69) is 5.10 Å². The van der Waals surface area contributed by atoms with Gasteiger partial charge >= 0.3 is 0 Å². The van der Waals surface area contributed by atoms with Gasteiger partial charge in [-0.3, -0.25) is 9.36 Å². The van der Waals surface area contributed by atoms with E-state index in [1.165, 1.54) is 5.56 Å². The van der Waals surface area contributed by atoms with E-state index in [-0.39, 0.29) is 5.56 Å². The molecule has 5 rings (SSSR count). The molecule has 0 amide bonds. The minimum absolute atomic E-state index is 0.177. The third kappa shape index (κ3) is 3.34. The average molecular weight is 426 g/mol. The highest BCUT2D eigenvalue weighted by atomic mass is 16.5. The van der Waals surface area contributed by atoms with Gasteiger partial charge in [0.15, 0.2) is 11.3 Å². The van der Waals surface area contributed by atoms with Crippen molar-refractivity contribution in [3.63, 3.8) is 0 Å². The fourth-order valence-corrected chi connectivity index (χ4v) is 3.75. The summed E-state index contributed by atoms with van der Waals surface area (Å²) in [5.74, 6) is 0.582. The molecular formula is C24H22N6O2. The maximum Gasteiger partial charge on any atom is 0.265 e. The van der Waals surface area contributed by atoms with Crippen LogP contribution in [-0.4, -0.2) is 44.1 Å². The number of rotatable bonds is 5. The second-order valence-electron chi connectivity index (χ2n) is 7.66. The number of para-hydroxylation sites is 2. The Morgan fingerprint density at radius 3 is 2.41 bits per heavy atom. The Morgan fingerprint density at radius 2 is 1.69 bits per heavy atom. The Bertz CT molecular complexity index is 1550. The highest BCUT2D eigenvalue weighted by Crippen LogP contribution is 2.25. The van der Waals surface area contributed by atoms with Crippen LogP contribution in [0.15, 0.2) is 58.4 Å². The number of nitrogens with zero attached hydrogens (tertiary/aromatic N) is 6. The van der Waals surface area contributed by atoms with E-state index in [9.17, 15) is 4.79 Å². The summed E-state index contributed by atoms with van der Waals surface area (Å²) >= 11 is 0. The molecule has 0 saturated carbocycles. The van der Waals surface area contributed by atoms with Crippen molar-refractivity contribution in [2.45, 2.75) is 20.4 Å². The SMILES string of the molecule is COCCn1c(C)nc2c(c1=O)c1nc3ccccc3nc1n2/N=C\c1ccc(C)cc1. The van der Waals surface area contributed by atoms with E-state index in [4.69, 9.17) is 19.7 Å². The molecule has 0 N–H and O–H groups in total. The molecule has 3 heterocycles. The zero-order chi connectivity index (χ0) is 22.2. The molecule has 3 aromatic heterocycles. The van der Waals surface area contributed by atoms with E-state index in [1.807, 2.05) is 55.5 Å². The van der Waals surface area contributed by atoms with E-state index in [0.717, 1.165) is 11.1 Å². The third-order valence-electron chi connectivity index (χ3n) is 5.45. The van der Waals surface area contributed by atoms with Gasteiger partial charge in [0.1, 0.15) is 16.7 Å². The van der Waals surface area contributed by atoms with Crippen molar-refractivity contribution in [2.75, 3.05) is 13.7 Å². The summed E-state index contributed by atoms with van der Waals surface area (Å²) in [4.78, 5) is 27.7. The van der Waals surface area contributed by atoms with Crippen LogP contribution < -0.4 is 5.56 Å². The lowest BCUT2D eigenvalue weighted by Gasteiger charge is -2.08. The summed E-state index contributed by atoms with van der Waals surface area (Å²) in [5.41, 5.74) is 4.79. The molecule has 0 aliphatic carbocycles. The summed E-state index contributed by atoms with van der Waals surface area (Å²) in [5, 5.41) is 5.06. The van der Waals surface area contributed by atoms with Gasteiger partial charge in [-0.05, 0) is 31.5 Å². The van der Waals surface area contributed by atoms with E-state index >= 15 is 0 Å². The lowest BCUT2D eigenvalue weighted by atomic mass is 10.2. The standard InChI is InChI=1S/C24H22N6O2/c1-15-8-10-17(11-9-15)14-25-30-22-20(24(31)29(12-13-32-3)16(2)26-22)21-23(30)28-19-7-5-4-6-18(19)27-21/h4-11,14H,12-13H2,1-3H3/b25-14-. The van der Waals surface area contributed by atoms with Gasteiger partial charge in [0.2, 0.25) is 0 Å². The van der Waals surface area contributed by atoms with E-state index < -0.39 is 0 Å². The van der Waals surface area contributed by atoms with Crippen molar-refractivity contribution < 1.29 is 4.74 Å².